The van der Waals surface area contributed by atoms with Crippen LogP contribution in [0.2, 0.25) is 0 Å². The number of rotatable bonds is 2. The van der Waals surface area contributed by atoms with E-state index in [0.29, 0.717) is 5.92 Å². The average molecular weight is 274 g/mol. The molecule has 4 bridgehead atoms. The molecule has 5 rings (SSSR count). The van der Waals surface area contributed by atoms with Gasteiger partial charge in [-0.05, 0) is 59.9 Å². The Morgan fingerprint density at radius 3 is 2.14 bits per heavy atom. The molecule has 0 fully saturated rings. The molecule has 2 nitrogen and oxygen atoms in total. The van der Waals surface area contributed by atoms with E-state index in [1.807, 2.05) is 18.2 Å². The molecule has 4 aromatic rings. The first-order valence-electron chi connectivity index (χ1n) is 7.33. The Morgan fingerprint density at radius 1 is 0.905 bits per heavy atom. The van der Waals surface area contributed by atoms with Crippen LogP contribution in [0.4, 0.5) is 0 Å². The summed E-state index contributed by atoms with van der Waals surface area (Å²) in [4.78, 5) is 0. The summed E-state index contributed by atoms with van der Waals surface area (Å²) in [7, 11) is 0. The number of allylic oxidation sites excluding steroid dienone is 4. The first-order chi connectivity index (χ1) is 10.3. The lowest BCUT2D eigenvalue weighted by Gasteiger charge is -2.18. The minimum Gasteiger partial charge on any atom is -0.457 e. The zero-order chi connectivity index (χ0) is 14.0. The van der Waals surface area contributed by atoms with Gasteiger partial charge in [-0.1, -0.05) is 19.1 Å². The largest absolute Gasteiger partial charge is 0.457 e. The van der Waals surface area contributed by atoms with Crippen molar-refractivity contribution in [3.8, 4) is 0 Å². The van der Waals surface area contributed by atoms with Crippen LogP contribution in [0.1, 0.15) is 24.5 Å². The van der Waals surface area contributed by atoms with E-state index in [0.717, 1.165) is 28.8 Å². The van der Waals surface area contributed by atoms with Gasteiger partial charge in [0.25, 0.3) is 0 Å². The molecule has 21 heavy (non-hydrogen) atoms. The molecule has 0 radical (unpaired) electrons. The van der Waals surface area contributed by atoms with Crippen molar-refractivity contribution in [2.24, 2.45) is 5.92 Å². The summed E-state index contributed by atoms with van der Waals surface area (Å²) in [6.07, 6.45) is 5.68. The molecule has 0 saturated heterocycles. The molecule has 102 valence electrons. The Balaban J connectivity index is 1.64. The van der Waals surface area contributed by atoms with Crippen LogP contribution in [-0.2, 0) is 0 Å². The highest BCUT2D eigenvalue weighted by Crippen LogP contribution is 2.39. The lowest BCUT2D eigenvalue weighted by atomic mass is 9.85. The predicted octanol–water partition coefficient (Wildman–Crippen LogP) is 5.56. The van der Waals surface area contributed by atoms with Gasteiger partial charge in [0.05, 0.1) is 0 Å². The lowest BCUT2D eigenvalue weighted by Crippen LogP contribution is -2.00. The van der Waals surface area contributed by atoms with Gasteiger partial charge in [-0.25, -0.2) is 0 Å². The molecule has 1 atom stereocenters. The van der Waals surface area contributed by atoms with Crippen LogP contribution in [0.5, 0.6) is 0 Å². The van der Waals surface area contributed by atoms with E-state index in [-0.39, 0.29) is 0 Å². The van der Waals surface area contributed by atoms with E-state index in [2.05, 4.69) is 37.3 Å². The molecule has 1 aliphatic carbocycles. The van der Waals surface area contributed by atoms with Crippen LogP contribution in [-0.4, -0.2) is 0 Å². The Labute approximate surface area is 122 Å². The summed E-state index contributed by atoms with van der Waals surface area (Å²) in [5.74, 6) is 0.518. The van der Waals surface area contributed by atoms with Crippen molar-refractivity contribution in [1.29, 1.82) is 0 Å². The van der Waals surface area contributed by atoms with Crippen molar-refractivity contribution in [2.45, 2.75) is 13.3 Å². The van der Waals surface area contributed by atoms with Gasteiger partial charge in [-0.15, -0.1) is 0 Å². The van der Waals surface area contributed by atoms with Crippen LogP contribution in [0.15, 0.2) is 57.4 Å². The van der Waals surface area contributed by atoms with E-state index in [9.17, 15) is 0 Å². The van der Waals surface area contributed by atoms with Crippen LogP contribution in [0, 0.1) is 5.92 Å². The van der Waals surface area contributed by atoms with Crippen LogP contribution in [0.25, 0.3) is 33.5 Å². The second kappa shape index (κ2) is 3.79. The minimum atomic E-state index is 0.518. The van der Waals surface area contributed by atoms with Gasteiger partial charge in [0.1, 0.15) is 22.3 Å². The first kappa shape index (κ1) is 11.2. The molecule has 4 heterocycles. The molecule has 4 aromatic heterocycles. The number of fused-ring (bicyclic) bond motifs is 4. The van der Waals surface area contributed by atoms with E-state index in [1.54, 1.807) is 0 Å². The fourth-order valence-corrected chi connectivity index (χ4v) is 3.42. The van der Waals surface area contributed by atoms with Crippen molar-refractivity contribution in [3.63, 3.8) is 0 Å². The second-order valence-electron chi connectivity index (χ2n) is 5.99. The normalized spacial score (nSPS) is 19.6. The predicted molar refractivity (Wildman–Crippen MR) is 84.5 cm³/mol. The molecule has 2 heteroatoms. The van der Waals surface area contributed by atoms with E-state index in [4.69, 9.17) is 8.83 Å². The summed E-state index contributed by atoms with van der Waals surface area (Å²) < 4.78 is 11.4. The molecule has 0 aromatic carbocycles. The van der Waals surface area contributed by atoms with Crippen LogP contribution >= 0.6 is 0 Å². The molecule has 0 unspecified atom stereocenters. The Hall–Kier alpha value is -2.48. The number of benzene rings is 2. The van der Waals surface area contributed by atoms with E-state index >= 15 is 0 Å². The third-order valence-corrected chi connectivity index (χ3v) is 4.35. The van der Waals surface area contributed by atoms with Gasteiger partial charge in [0.15, 0.2) is 0 Å². The second-order valence-corrected chi connectivity index (χ2v) is 5.99. The van der Waals surface area contributed by atoms with Gasteiger partial charge in [-0.3, -0.25) is 0 Å². The summed E-state index contributed by atoms with van der Waals surface area (Å²) in [5, 5.41) is 0. The summed E-state index contributed by atoms with van der Waals surface area (Å²) >= 11 is 0. The standard InChI is InChI=1S/C19H14O2/c1-11-6-12(16-9-14-2-4-18(16)20-14)8-13(7-11)17-10-15-3-5-19(17)21-15/h2-6,8-11H,7H2,1H3/t11-/m0/s1. The highest BCUT2D eigenvalue weighted by atomic mass is 16.3. The zero-order valence-electron chi connectivity index (χ0n) is 11.7. The fraction of sp³-hybridized carbons (Fsp3) is 0.158. The minimum absolute atomic E-state index is 0.518. The maximum Gasteiger partial charge on any atom is 0.135 e. The van der Waals surface area contributed by atoms with Gasteiger partial charge in [0.2, 0.25) is 0 Å². The molecular formula is C19H14O2. The fourth-order valence-electron chi connectivity index (χ4n) is 3.42. The van der Waals surface area contributed by atoms with Crippen molar-refractivity contribution >= 4 is 33.5 Å². The van der Waals surface area contributed by atoms with Crippen molar-refractivity contribution in [3.05, 3.63) is 59.7 Å². The van der Waals surface area contributed by atoms with Crippen molar-refractivity contribution in [1.82, 2.24) is 0 Å². The maximum atomic E-state index is 5.69. The van der Waals surface area contributed by atoms with Crippen molar-refractivity contribution < 1.29 is 8.83 Å². The van der Waals surface area contributed by atoms with Gasteiger partial charge in [0, 0.05) is 11.1 Å². The molecule has 1 aliphatic rings. The molecule has 0 aliphatic heterocycles. The highest BCUT2D eigenvalue weighted by molar-refractivity contribution is 5.95. The average Bonchev–Trinajstić information content (AvgIpc) is 3.26. The van der Waals surface area contributed by atoms with Gasteiger partial charge >= 0.3 is 0 Å². The van der Waals surface area contributed by atoms with Gasteiger partial charge < -0.3 is 8.83 Å². The third kappa shape index (κ3) is 1.59. The molecule has 0 saturated carbocycles. The first-order valence-corrected chi connectivity index (χ1v) is 7.33. The van der Waals surface area contributed by atoms with Crippen LogP contribution in [0.3, 0.4) is 0 Å². The number of furan rings is 4. The Kier molecular flexibility index (Phi) is 2.02. The van der Waals surface area contributed by atoms with Crippen molar-refractivity contribution in [2.75, 3.05) is 0 Å². The topological polar surface area (TPSA) is 26.3 Å². The summed E-state index contributed by atoms with van der Waals surface area (Å²) in [6.45, 7) is 2.26. The summed E-state index contributed by atoms with van der Waals surface area (Å²) in [6, 6.07) is 12.4. The monoisotopic (exact) mass is 274 g/mol. The van der Waals surface area contributed by atoms with E-state index < -0.39 is 0 Å². The number of hydrogen-bond acceptors (Lipinski definition) is 2. The quantitative estimate of drug-likeness (QED) is 0.478. The maximum absolute atomic E-state index is 5.69. The molecule has 0 amide bonds. The molecular weight excluding hydrogens is 260 g/mol. The smallest absolute Gasteiger partial charge is 0.135 e. The van der Waals surface area contributed by atoms with E-state index in [1.165, 1.54) is 22.3 Å². The molecule has 0 N–H and O–H groups in total. The number of hydrogen-bond donors (Lipinski definition) is 0. The van der Waals surface area contributed by atoms with Crippen LogP contribution < -0.4 is 0 Å². The Bertz CT molecular complexity index is 979. The zero-order valence-corrected chi connectivity index (χ0v) is 11.7. The highest BCUT2D eigenvalue weighted by Gasteiger charge is 2.20. The molecule has 0 spiro atoms. The van der Waals surface area contributed by atoms with Gasteiger partial charge in [-0.2, -0.15) is 0 Å². The Morgan fingerprint density at radius 2 is 1.57 bits per heavy atom. The SMILES string of the molecule is C[C@H]1C=C(c2cc3ccc2o3)C=C(c2cc3ccc2o3)C1. The third-order valence-electron chi connectivity index (χ3n) is 4.35. The summed E-state index contributed by atoms with van der Waals surface area (Å²) in [5.41, 5.74) is 8.93. The lowest BCUT2D eigenvalue weighted by molar-refractivity contribution is 0.674.